The first kappa shape index (κ1) is 13.8. The highest BCUT2D eigenvalue weighted by Gasteiger charge is 2.12. The highest BCUT2D eigenvalue weighted by molar-refractivity contribution is 14.1. The van der Waals surface area contributed by atoms with Gasteiger partial charge in [-0.05, 0) is 62.9 Å². The lowest BCUT2D eigenvalue weighted by Crippen LogP contribution is -2.04. The molecule has 2 aromatic rings. The zero-order valence-corrected chi connectivity index (χ0v) is 13.7. The van der Waals surface area contributed by atoms with Gasteiger partial charge in [0.25, 0.3) is 0 Å². The zero-order valence-electron chi connectivity index (χ0n) is 9.36. The van der Waals surface area contributed by atoms with Crippen LogP contribution in [0.15, 0.2) is 42.5 Å². The Bertz CT molecular complexity index is 557. The van der Waals surface area contributed by atoms with E-state index in [9.17, 15) is 9.90 Å². The molecule has 2 aromatic carbocycles. The second-order valence-electron chi connectivity index (χ2n) is 3.87. The number of carbonyl (C=O) groups excluding carboxylic acids is 1. The van der Waals surface area contributed by atoms with Crippen LogP contribution in [0.5, 0.6) is 5.75 Å². The van der Waals surface area contributed by atoms with E-state index in [0.717, 1.165) is 5.56 Å². The molecule has 4 heteroatoms. The van der Waals surface area contributed by atoms with E-state index in [0.29, 0.717) is 19.1 Å². The molecule has 18 heavy (non-hydrogen) atoms. The van der Waals surface area contributed by atoms with Gasteiger partial charge in [-0.2, -0.15) is 0 Å². The summed E-state index contributed by atoms with van der Waals surface area (Å²) in [6, 6.07) is 13.1. The van der Waals surface area contributed by atoms with Gasteiger partial charge in [-0.3, -0.25) is 4.79 Å². The SMILES string of the molecule is O=C(Cc1ccccc1)c1cc(I)c(O)c(I)c1. The lowest BCUT2D eigenvalue weighted by Gasteiger charge is -2.05. The van der Waals surface area contributed by atoms with Gasteiger partial charge in [0.2, 0.25) is 0 Å². The predicted octanol–water partition coefficient (Wildman–Crippen LogP) is 4.03. The molecule has 0 spiro atoms. The Kier molecular flexibility index (Phi) is 4.60. The van der Waals surface area contributed by atoms with E-state index in [2.05, 4.69) is 0 Å². The highest BCUT2D eigenvalue weighted by atomic mass is 127. The molecule has 2 nitrogen and oxygen atoms in total. The summed E-state index contributed by atoms with van der Waals surface area (Å²) in [6.07, 6.45) is 0.387. The van der Waals surface area contributed by atoms with Crippen molar-refractivity contribution < 1.29 is 9.90 Å². The molecule has 1 N–H and O–H groups in total. The molecule has 0 heterocycles. The molecule has 92 valence electrons. The van der Waals surface area contributed by atoms with Crippen LogP contribution in [0, 0.1) is 7.14 Å². The van der Waals surface area contributed by atoms with Crippen molar-refractivity contribution in [2.75, 3.05) is 0 Å². The molecule has 0 aromatic heterocycles. The van der Waals surface area contributed by atoms with E-state index in [1.807, 2.05) is 75.5 Å². The Hall–Kier alpha value is -0.630. The number of benzene rings is 2. The fourth-order valence-electron chi connectivity index (χ4n) is 1.61. The van der Waals surface area contributed by atoms with Gasteiger partial charge in [-0.15, -0.1) is 0 Å². The first-order chi connectivity index (χ1) is 8.58. The van der Waals surface area contributed by atoms with E-state index in [1.165, 1.54) is 0 Å². The van der Waals surface area contributed by atoms with Crippen LogP contribution in [0.1, 0.15) is 15.9 Å². The van der Waals surface area contributed by atoms with Gasteiger partial charge < -0.3 is 5.11 Å². The molecule has 0 unspecified atom stereocenters. The standard InChI is InChI=1S/C14H10I2O2/c15-11-7-10(8-12(16)14(11)18)13(17)6-9-4-2-1-3-5-9/h1-5,7-8,18H,6H2. The topological polar surface area (TPSA) is 37.3 Å². The van der Waals surface area contributed by atoms with Crippen LogP contribution >= 0.6 is 45.2 Å². The Morgan fingerprint density at radius 2 is 1.61 bits per heavy atom. The second kappa shape index (κ2) is 6.01. The van der Waals surface area contributed by atoms with Gasteiger partial charge >= 0.3 is 0 Å². The normalized spacial score (nSPS) is 10.3. The largest absolute Gasteiger partial charge is 0.506 e. The molecule has 0 fully saturated rings. The number of phenolic OH excluding ortho intramolecular Hbond substituents is 1. The Labute approximate surface area is 133 Å². The van der Waals surface area contributed by atoms with E-state index in [4.69, 9.17) is 0 Å². The van der Waals surface area contributed by atoms with Gasteiger partial charge in [0.15, 0.2) is 5.78 Å². The summed E-state index contributed by atoms with van der Waals surface area (Å²) < 4.78 is 1.41. The molecule has 0 aliphatic rings. The van der Waals surface area contributed by atoms with E-state index < -0.39 is 0 Å². The van der Waals surface area contributed by atoms with Gasteiger partial charge in [0.1, 0.15) is 5.75 Å². The molecule has 0 radical (unpaired) electrons. The highest BCUT2D eigenvalue weighted by Crippen LogP contribution is 2.27. The lowest BCUT2D eigenvalue weighted by atomic mass is 10.0. The average molecular weight is 464 g/mol. The molecule has 0 bridgehead atoms. The van der Waals surface area contributed by atoms with Crippen LogP contribution in [-0.2, 0) is 6.42 Å². The number of halogens is 2. The van der Waals surface area contributed by atoms with Gasteiger partial charge in [-0.1, -0.05) is 30.3 Å². The third-order valence-corrected chi connectivity index (χ3v) is 4.19. The predicted molar refractivity (Wildman–Crippen MR) is 88.0 cm³/mol. The van der Waals surface area contributed by atoms with Crippen molar-refractivity contribution in [3.05, 3.63) is 60.7 Å². The minimum absolute atomic E-state index is 0.0667. The molecule has 0 amide bonds. The maximum Gasteiger partial charge on any atom is 0.167 e. The van der Waals surface area contributed by atoms with Crippen molar-refractivity contribution in [2.24, 2.45) is 0 Å². The van der Waals surface area contributed by atoms with E-state index in [1.54, 1.807) is 12.1 Å². The third-order valence-electron chi connectivity index (χ3n) is 2.55. The molecule has 0 saturated carbocycles. The Morgan fingerprint density at radius 3 is 2.17 bits per heavy atom. The molecular weight excluding hydrogens is 454 g/mol. The number of aromatic hydroxyl groups is 1. The van der Waals surface area contributed by atoms with Crippen LogP contribution in [0.4, 0.5) is 0 Å². The lowest BCUT2D eigenvalue weighted by molar-refractivity contribution is 0.0993. The minimum atomic E-state index is 0.0667. The second-order valence-corrected chi connectivity index (χ2v) is 6.20. The van der Waals surface area contributed by atoms with Crippen LogP contribution in [-0.4, -0.2) is 10.9 Å². The quantitative estimate of drug-likeness (QED) is 0.551. The third kappa shape index (κ3) is 3.23. The minimum Gasteiger partial charge on any atom is -0.506 e. The van der Waals surface area contributed by atoms with E-state index in [-0.39, 0.29) is 11.5 Å². The van der Waals surface area contributed by atoms with Crippen molar-refractivity contribution in [3.63, 3.8) is 0 Å². The maximum absolute atomic E-state index is 12.1. The zero-order chi connectivity index (χ0) is 13.1. The summed E-state index contributed by atoms with van der Waals surface area (Å²) in [6.45, 7) is 0. The van der Waals surface area contributed by atoms with Gasteiger partial charge in [0, 0.05) is 12.0 Å². The molecule has 2 rings (SSSR count). The average Bonchev–Trinajstić information content (AvgIpc) is 2.36. The Balaban J connectivity index is 2.25. The van der Waals surface area contributed by atoms with Crippen molar-refractivity contribution in [3.8, 4) is 5.75 Å². The molecular formula is C14H10I2O2. The summed E-state index contributed by atoms with van der Waals surface area (Å²) in [5.74, 6) is 0.310. The summed E-state index contributed by atoms with van der Waals surface area (Å²) >= 11 is 4.07. The fourth-order valence-corrected chi connectivity index (χ4v) is 3.38. The number of rotatable bonds is 3. The van der Waals surface area contributed by atoms with Crippen LogP contribution in [0.3, 0.4) is 0 Å². The molecule has 0 saturated heterocycles. The van der Waals surface area contributed by atoms with Crippen molar-refractivity contribution in [2.45, 2.75) is 6.42 Å². The number of hydrogen-bond acceptors (Lipinski definition) is 2. The van der Waals surface area contributed by atoms with Gasteiger partial charge in [0.05, 0.1) is 7.14 Å². The van der Waals surface area contributed by atoms with Crippen molar-refractivity contribution in [1.82, 2.24) is 0 Å². The fraction of sp³-hybridized carbons (Fsp3) is 0.0714. The maximum atomic E-state index is 12.1. The number of hydrogen-bond donors (Lipinski definition) is 1. The van der Waals surface area contributed by atoms with Crippen LogP contribution in [0.25, 0.3) is 0 Å². The van der Waals surface area contributed by atoms with Crippen molar-refractivity contribution in [1.29, 1.82) is 0 Å². The summed E-state index contributed by atoms with van der Waals surface area (Å²) in [7, 11) is 0. The van der Waals surface area contributed by atoms with Crippen molar-refractivity contribution >= 4 is 51.0 Å². The van der Waals surface area contributed by atoms with Crippen LogP contribution < -0.4 is 0 Å². The molecule has 0 atom stereocenters. The first-order valence-electron chi connectivity index (χ1n) is 5.33. The van der Waals surface area contributed by atoms with Crippen LogP contribution in [0.2, 0.25) is 0 Å². The summed E-state index contributed by atoms with van der Waals surface area (Å²) in [5.41, 5.74) is 1.64. The number of ketones is 1. The number of Topliss-reactive ketones (excluding diaryl/α,β-unsaturated/α-hetero) is 1. The summed E-state index contributed by atoms with van der Waals surface area (Å²) in [5, 5.41) is 9.68. The van der Waals surface area contributed by atoms with E-state index >= 15 is 0 Å². The number of phenols is 1. The summed E-state index contributed by atoms with van der Waals surface area (Å²) in [4.78, 5) is 12.1. The Morgan fingerprint density at radius 1 is 1.06 bits per heavy atom. The van der Waals surface area contributed by atoms with Gasteiger partial charge in [-0.25, -0.2) is 0 Å². The molecule has 0 aliphatic heterocycles. The smallest absolute Gasteiger partial charge is 0.167 e. The monoisotopic (exact) mass is 464 g/mol. The number of carbonyl (C=O) groups is 1. The first-order valence-corrected chi connectivity index (χ1v) is 7.49. The molecule has 0 aliphatic carbocycles.